The highest BCUT2D eigenvalue weighted by atomic mass is 16.3. The molecule has 2 heteroatoms. The Morgan fingerprint density at radius 1 is 0.733 bits per heavy atom. The molecule has 0 amide bonds. The minimum absolute atomic E-state index is 0.329. The summed E-state index contributed by atoms with van der Waals surface area (Å²) in [4.78, 5) is 0. The molecule has 2 N–H and O–H groups in total. The van der Waals surface area contributed by atoms with Gasteiger partial charge in [0.25, 0.3) is 0 Å². The number of hydrogen-bond acceptors (Lipinski definition) is 2. The van der Waals surface area contributed by atoms with Crippen LogP contribution in [0.4, 0.5) is 0 Å². The van der Waals surface area contributed by atoms with Crippen molar-refractivity contribution in [2.75, 3.05) is 13.2 Å². The van der Waals surface area contributed by atoms with E-state index in [0.717, 1.165) is 37.0 Å². The average Bonchev–Trinajstić information content (AvgIpc) is 2.57. The zero-order valence-corrected chi connectivity index (χ0v) is 22.4. The smallest absolute Gasteiger partial charge is 0.0433 e. The van der Waals surface area contributed by atoms with Crippen molar-refractivity contribution in [3.05, 3.63) is 11.6 Å². The van der Waals surface area contributed by atoms with Crippen molar-refractivity contribution >= 4 is 0 Å². The normalized spacial score (nSPS) is 14.9. The Balaban J connectivity index is 0. The maximum atomic E-state index is 9.03. The van der Waals surface area contributed by atoms with Gasteiger partial charge in [0.2, 0.25) is 0 Å². The van der Waals surface area contributed by atoms with E-state index in [0.29, 0.717) is 30.5 Å². The molecular weight excluding hydrogens is 368 g/mol. The van der Waals surface area contributed by atoms with Gasteiger partial charge in [0.15, 0.2) is 0 Å². The fourth-order valence-corrected chi connectivity index (χ4v) is 4.49. The minimum Gasteiger partial charge on any atom is -0.396 e. The van der Waals surface area contributed by atoms with Crippen LogP contribution in [0.3, 0.4) is 0 Å². The van der Waals surface area contributed by atoms with Gasteiger partial charge in [0, 0.05) is 13.2 Å². The molecule has 0 saturated heterocycles. The van der Waals surface area contributed by atoms with E-state index in [1.807, 2.05) is 0 Å². The molecule has 3 unspecified atom stereocenters. The first-order valence-corrected chi connectivity index (χ1v) is 12.7. The minimum atomic E-state index is 0.329. The second kappa shape index (κ2) is 18.3. The number of rotatable bonds is 15. The van der Waals surface area contributed by atoms with Crippen LogP contribution in [0.5, 0.6) is 0 Å². The maximum Gasteiger partial charge on any atom is 0.0433 e. The quantitative estimate of drug-likeness (QED) is 0.259. The van der Waals surface area contributed by atoms with Crippen molar-refractivity contribution in [2.45, 2.75) is 121 Å². The number of allylic oxidation sites excluding steroid dienone is 2. The summed E-state index contributed by atoms with van der Waals surface area (Å²) < 4.78 is 0. The van der Waals surface area contributed by atoms with E-state index in [2.05, 4.69) is 75.3 Å². The first kappa shape index (κ1) is 31.8. The lowest BCUT2D eigenvalue weighted by Gasteiger charge is -2.38. The van der Waals surface area contributed by atoms with Crippen molar-refractivity contribution in [3.8, 4) is 0 Å². The Morgan fingerprint density at radius 2 is 1.23 bits per heavy atom. The molecule has 0 aliphatic rings. The second-order valence-corrected chi connectivity index (χ2v) is 11.6. The van der Waals surface area contributed by atoms with Gasteiger partial charge < -0.3 is 10.2 Å². The van der Waals surface area contributed by atoms with Gasteiger partial charge in [-0.15, -0.1) is 0 Å². The summed E-state index contributed by atoms with van der Waals surface area (Å²) in [6.07, 6.45) is 11.8. The van der Waals surface area contributed by atoms with Crippen LogP contribution in [0.25, 0.3) is 0 Å². The topological polar surface area (TPSA) is 40.5 Å². The van der Waals surface area contributed by atoms with E-state index in [9.17, 15) is 0 Å². The van der Waals surface area contributed by atoms with Crippen LogP contribution in [0.1, 0.15) is 121 Å². The van der Waals surface area contributed by atoms with Crippen molar-refractivity contribution in [3.63, 3.8) is 0 Å². The largest absolute Gasteiger partial charge is 0.396 e. The number of aliphatic hydroxyl groups is 2. The van der Waals surface area contributed by atoms with E-state index >= 15 is 0 Å². The number of aliphatic hydroxyl groups excluding tert-OH is 2. The van der Waals surface area contributed by atoms with E-state index in [1.54, 1.807) is 0 Å². The van der Waals surface area contributed by atoms with Crippen molar-refractivity contribution in [1.29, 1.82) is 0 Å². The molecule has 0 rings (SSSR count). The summed E-state index contributed by atoms with van der Waals surface area (Å²) in [5, 5.41) is 17.7. The second-order valence-electron chi connectivity index (χ2n) is 11.6. The van der Waals surface area contributed by atoms with Gasteiger partial charge in [-0.25, -0.2) is 0 Å². The standard InChI is InChI=1S/C18H38O.C10H20O/c1-14(2)12-17(9-8-16(5)10-11-19)18(6,7)13-15(3)4;1-9(2)5-4-6-10(3)7-8-11/h14-17,19H,8-13H2,1-7H3;5,10-11H,4,6-8H2,1-3H3. The first-order chi connectivity index (χ1) is 13.8. The Hall–Kier alpha value is -0.340. The Labute approximate surface area is 190 Å². The summed E-state index contributed by atoms with van der Waals surface area (Å²) in [5.74, 6) is 3.70. The number of hydrogen-bond donors (Lipinski definition) is 2. The molecular formula is C28H58O2. The molecule has 0 saturated carbocycles. The van der Waals surface area contributed by atoms with Gasteiger partial charge in [-0.3, -0.25) is 0 Å². The molecule has 0 bridgehead atoms. The van der Waals surface area contributed by atoms with Crippen LogP contribution in [0, 0.1) is 35.0 Å². The van der Waals surface area contributed by atoms with E-state index in [4.69, 9.17) is 10.2 Å². The lowest BCUT2D eigenvalue weighted by molar-refractivity contribution is 0.127. The van der Waals surface area contributed by atoms with Crippen molar-refractivity contribution in [1.82, 2.24) is 0 Å². The molecule has 0 aromatic carbocycles. The lowest BCUT2D eigenvalue weighted by atomic mass is 9.68. The molecule has 0 aliphatic carbocycles. The molecule has 0 aliphatic heterocycles. The third-order valence-corrected chi connectivity index (χ3v) is 6.26. The Morgan fingerprint density at radius 3 is 1.63 bits per heavy atom. The van der Waals surface area contributed by atoms with Crippen LogP contribution >= 0.6 is 0 Å². The predicted octanol–water partition coefficient (Wildman–Crippen LogP) is 8.27. The van der Waals surface area contributed by atoms with Gasteiger partial charge in [-0.2, -0.15) is 0 Å². The Bertz CT molecular complexity index is 405. The van der Waals surface area contributed by atoms with E-state index < -0.39 is 0 Å². The monoisotopic (exact) mass is 426 g/mol. The Kier molecular flexibility index (Phi) is 19.4. The molecule has 30 heavy (non-hydrogen) atoms. The van der Waals surface area contributed by atoms with E-state index in [1.165, 1.54) is 37.7 Å². The van der Waals surface area contributed by atoms with Gasteiger partial charge in [0.05, 0.1) is 0 Å². The van der Waals surface area contributed by atoms with Crippen molar-refractivity contribution in [2.24, 2.45) is 35.0 Å². The van der Waals surface area contributed by atoms with Gasteiger partial charge in [-0.05, 0) is 93.8 Å². The molecule has 0 aromatic heterocycles. The molecule has 0 spiro atoms. The third-order valence-electron chi connectivity index (χ3n) is 6.26. The highest BCUT2D eigenvalue weighted by molar-refractivity contribution is 4.92. The lowest BCUT2D eigenvalue weighted by Crippen LogP contribution is -2.27. The third kappa shape index (κ3) is 19.6. The van der Waals surface area contributed by atoms with E-state index in [-0.39, 0.29) is 0 Å². The van der Waals surface area contributed by atoms with Crippen molar-refractivity contribution < 1.29 is 10.2 Å². The molecule has 0 fully saturated rings. The fourth-order valence-electron chi connectivity index (χ4n) is 4.49. The van der Waals surface area contributed by atoms with Crippen LogP contribution in [-0.2, 0) is 0 Å². The maximum absolute atomic E-state index is 9.03. The van der Waals surface area contributed by atoms with Gasteiger partial charge in [-0.1, -0.05) is 73.5 Å². The summed E-state index contributed by atoms with van der Waals surface area (Å²) >= 11 is 0. The molecule has 0 heterocycles. The van der Waals surface area contributed by atoms with Crippen LogP contribution in [-0.4, -0.2) is 23.4 Å². The zero-order valence-electron chi connectivity index (χ0n) is 22.4. The van der Waals surface area contributed by atoms with Crippen LogP contribution < -0.4 is 0 Å². The zero-order chi connectivity index (χ0) is 23.7. The summed E-state index contributed by atoms with van der Waals surface area (Å²) in [5.41, 5.74) is 1.83. The molecule has 0 radical (unpaired) electrons. The highest BCUT2D eigenvalue weighted by Gasteiger charge is 2.30. The molecule has 182 valence electrons. The summed E-state index contributed by atoms with van der Waals surface area (Å²) in [6, 6.07) is 0. The van der Waals surface area contributed by atoms with Crippen LogP contribution in [0.15, 0.2) is 11.6 Å². The molecule has 0 aromatic rings. The van der Waals surface area contributed by atoms with Gasteiger partial charge in [0.1, 0.15) is 0 Å². The molecule has 2 nitrogen and oxygen atoms in total. The SMILES string of the molecule is CC(C)=CCCC(C)CCO.CC(C)CC(CCC(C)CCO)C(C)(C)CC(C)C. The highest BCUT2D eigenvalue weighted by Crippen LogP contribution is 2.41. The fraction of sp³-hybridized carbons (Fsp3) is 0.929. The predicted molar refractivity (Wildman–Crippen MR) is 136 cm³/mol. The molecule has 3 atom stereocenters. The average molecular weight is 427 g/mol. The first-order valence-electron chi connectivity index (χ1n) is 12.7. The summed E-state index contributed by atoms with van der Waals surface area (Å²) in [6.45, 7) is 23.6. The summed E-state index contributed by atoms with van der Waals surface area (Å²) in [7, 11) is 0. The van der Waals surface area contributed by atoms with Gasteiger partial charge >= 0.3 is 0 Å². The van der Waals surface area contributed by atoms with Crippen LogP contribution in [0.2, 0.25) is 0 Å².